The molecular weight excluding hydrogens is 398 g/mol. The summed E-state index contributed by atoms with van der Waals surface area (Å²) in [5.74, 6) is 0.429. The summed E-state index contributed by atoms with van der Waals surface area (Å²) < 4.78 is 11.4. The number of Topliss-reactive ketones (excluding diaryl/α,β-unsaturated/α-hetero) is 1. The zero-order chi connectivity index (χ0) is 19.0. The van der Waals surface area contributed by atoms with Crippen LogP contribution in [0.2, 0.25) is 0 Å². The number of esters is 1. The van der Waals surface area contributed by atoms with Crippen molar-refractivity contribution < 1.29 is 19.1 Å². The van der Waals surface area contributed by atoms with Crippen molar-refractivity contribution in [1.29, 1.82) is 0 Å². The molecule has 0 bridgehead atoms. The Morgan fingerprint density at radius 1 is 1.35 bits per heavy atom. The highest BCUT2D eigenvalue weighted by atomic mass is 79.9. The lowest BCUT2D eigenvalue weighted by Crippen LogP contribution is -2.47. The number of carbonyl (C=O) groups is 2. The van der Waals surface area contributed by atoms with Crippen molar-refractivity contribution in [3.05, 3.63) is 39.5 Å². The minimum absolute atomic E-state index is 0.0844. The summed E-state index contributed by atoms with van der Waals surface area (Å²) in [6.45, 7) is 6.33. The van der Waals surface area contributed by atoms with Crippen molar-refractivity contribution in [2.75, 3.05) is 13.7 Å². The third-order valence-corrected chi connectivity index (χ3v) is 5.79. The second-order valence-electron chi connectivity index (χ2n) is 7.05. The van der Waals surface area contributed by atoms with Crippen LogP contribution in [0.4, 0.5) is 0 Å². The number of halogens is 1. The maximum Gasteiger partial charge on any atom is 0.343 e. The van der Waals surface area contributed by atoms with E-state index in [1.54, 1.807) is 20.2 Å². The number of rotatable bonds is 4. The molecule has 140 valence electrons. The molecule has 2 aliphatic rings. The first kappa shape index (κ1) is 19.0. The van der Waals surface area contributed by atoms with E-state index in [0.29, 0.717) is 5.92 Å². The van der Waals surface area contributed by atoms with E-state index in [-0.39, 0.29) is 36.5 Å². The average molecular weight is 422 g/mol. The molecule has 2 aliphatic heterocycles. The first-order chi connectivity index (χ1) is 12.4. The van der Waals surface area contributed by atoms with E-state index in [4.69, 9.17) is 9.47 Å². The predicted octanol–water partition coefficient (Wildman–Crippen LogP) is 3.80. The van der Waals surface area contributed by atoms with Crippen LogP contribution in [0.5, 0.6) is 5.75 Å². The number of hydrogen-bond acceptors (Lipinski definition) is 5. The molecule has 0 amide bonds. The number of hydrogen-bond donors (Lipinski definition) is 0. The molecule has 0 radical (unpaired) electrons. The zero-order valence-corrected chi connectivity index (χ0v) is 17.1. The van der Waals surface area contributed by atoms with Gasteiger partial charge in [-0.05, 0) is 58.5 Å². The number of fused-ring (bicyclic) bond motifs is 3. The van der Waals surface area contributed by atoms with Gasteiger partial charge in [-0.2, -0.15) is 0 Å². The quantitative estimate of drug-likeness (QED) is 0.546. The Bertz CT molecular complexity index is 771. The molecule has 0 aliphatic carbocycles. The lowest BCUT2D eigenvalue weighted by Gasteiger charge is -2.46. The fraction of sp³-hybridized carbons (Fsp3) is 0.500. The molecule has 0 saturated heterocycles. The van der Waals surface area contributed by atoms with Gasteiger partial charge in [-0.25, -0.2) is 4.79 Å². The lowest BCUT2D eigenvalue weighted by molar-refractivity contribution is -0.140. The fourth-order valence-corrected chi connectivity index (χ4v) is 4.39. The standard InChI is InChI=1S/C20H24BrNO4/c1-5-26-20(24)14-10-22-16(11(2)3)7-12-6-15(21)19(25-4)8-13(12)17(22)9-18(14)23/h6,8,10-11,16-17H,5,7,9H2,1-4H3. The van der Waals surface area contributed by atoms with Crippen molar-refractivity contribution in [3.8, 4) is 5.75 Å². The maximum absolute atomic E-state index is 12.6. The van der Waals surface area contributed by atoms with Gasteiger partial charge in [0.25, 0.3) is 0 Å². The van der Waals surface area contributed by atoms with Gasteiger partial charge in [-0.1, -0.05) is 13.8 Å². The molecule has 0 spiro atoms. The second kappa shape index (κ2) is 7.43. The van der Waals surface area contributed by atoms with E-state index in [1.165, 1.54) is 5.56 Å². The number of nitrogens with zero attached hydrogens (tertiary/aromatic N) is 1. The minimum atomic E-state index is -0.530. The molecule has 6 heteroatoms. The van der Waals surface area contributed by atoms with E-state index in [2.05, 4.69) is 40.7 Å². The molecule has 0 aromatic heterocycles. The summed E-state index contributed by atoms with van der Waals surface area (Å²) in [5.41, 5.74) is 2.47. The van der Waals surface area contributed by atoms with Crippen molar-refractivity contribution >= 4 is 27.7 Å². The molecule has 2 heterocycles. The summed E-state index contributed by atoms with van der Waals surface area (Å²) in [7, 11) is 1.63. The topological polar surface area (TPSA) is 55.8 Å². The van der Waals surface area contributed by atoms with Gasteiger partial charge in [0.2, 0.25) is 0 Å². The SMILES string of the molecule is CCOC(=O)C1=CN2C(CC1=O)c1cc(OC)c(Br)cc1CC2C(C)C. The van der Waals surface area contributed by atoms with E-state index < -0.39 is 5.97 Å². The molecule has 1 aromatic carbocycles. The van der Waals surface area contributed by atoms with Crippen LogP contribution in [0.25, 0.3) is 0 Å². The largest absolute Gasteiger partial charge is 0.496 e. The third-order valence-electron chi connectivity index (χ3n) is 5.17. The van der Waals surface area contributed by atoms with Crippen LogP contribution in [0, 0.1) is 5.92 Å². The summed E-state index contributed by atoms with van der Waals surface area (Å²) >= 11 is 3.56. The van der Waals surface area contributed by atoms with Crippen molar-refractivity contribution in [2.24, 2.45) is 5.92 Å². The predicted molar refractivity (Wildman–Crippen MR) is 102 cm³/mol. The van der Waals surface area contributed by atoms with Gasteiger partial charge >= 0.3 is 5.97 Å². The van der Waals surface area contributed by atoms with Crippen molar-refractivity contribution in [1.82, 2.24) is 4.90 Å². The van der Waals surface area contributed by atoms with Crippen LogP contribution in [0.1, 0.15) is 44.4 Å². The summed E-state index contributed by atoms with van der Waals surface area (Å²) in [6, 6.07) is 4.23. The third kappa shape index (κ3) is 3.27. The van der Waals surface area contributed by atoms with Crippen LogP contribution < -0.4 is 4.74 Å². The van der Waals surface area contributed by atoms with Crippen LogP contribution in [-0.2, 0) is 20.7 Å². The van der Waals surface area contributed by atoms with Gasteiger partial charge in [0.15, 0.2) is 5.78 Å². The highest BCUT2D eigenvalue weighted by Gasteiger charge is 2.41. The molecule has 0 N–H and O–H groups in total. The number of ether oxygens (including phenoxy) is 2. The Kier molecular flexibility index (Phi) is 5.42. The van der Waals surface area contributed by atoms with Gasteiger partial charge < -0.3 is 14.4 Å². The molecule has 0 saturated carbocycles. The Morgan fingerprint density at radius 2 is 2.08 bits per heavy atom. The fourth-order valence-electron chi connectivity index (χ4n) is 3.84. The van der Waals surface area contributed by atoms with Crippen molar-refractivity contribution in [2.45, 2.75) is 45.7 Å². The Balaban J connectivity index is 2.09. The van der Waals surface area contributed by atoms with E-state index in [1.807, 2.05) is 6.07 Å². The Hall–Kier alpha value is -1.82. The van der Waals surface area contributed by atoms with E-state index in [9.17, 15) is 9.59 Å². The van der Waals surface area contributed by atoms with Crippen LogP contribution in [0.3, 0.4) is 0 Å². The normalized spacial score (nSPS) is 21.8. The summed E-state index contributed by atoms with van der Waals surface area (Å²) in [6.07, 6.45) is 2.84. The van der Waals surface area contributed by atoms with Crippen LogP contribution in [-0.4, -0.2) is 36.4 Å². The molecule has 2 atom stereocenters. The number of carbonyl (C=O) groups excluding carboxylic acids is 2. The van der Waals surface area contributed by atoms with Crippen molar-refractivity contribution in [3.63, 3.8) is 0 Å². The molecular formula is C20H24BrNO4. The molecule has 26 heavy (non-hydrogen) atoms. The number of benzene rings is 1. The summed E-state index contributed by atoms with van der Waals surface area (Å²) in [5, 5.41) is 0. The van der Waals surface area contributed by atoms with Gasteiger partial charge in [0.05, 0.1) is 24.2 Å². The first-order valence-corrected chi connectivity index (χ1v) is 9.72. The van der Waals surface area contributed by atoms with Crippen LogP contribution in [0.15, 0.2) is 28.4 Å². The molecule has 0 fully saturated rings. The Morgan fingerprint density at radius 3 is 2.69 bits per heavy atom. The lowest BCUT2D eigenvalue weighted by atomic mass is 9.80. The highest BCUT2D eigenvalue weighted by molar-refractivity contribution is 9.10. The molecule has 1 aromatic rings. The average Bonchev–Trinajstić information content (AvgIpc) is 2.59. The van der Waals surface area contributed by atoms with Gasteiger partial charge in [-0.15, -0.1) is 0 Å². The number of ketones is 1. The van der Waals surface area contributed by atoms with Gasteiger partial charge in [0, 0.05) is 18.7 Å². The smallest absolute Gasteiger partial charge is 0.343 e. The minimum Gasteiger partial charge on any atom is -0.496 e. The maximum atomic E-state index is 12.6. The summed E-state index contributed by atoms with van der Waals surface area (Å²) in [4.78, 5) is 27.0. The molecule has 2 unspecified atom stereocenters. The van der Waals surface area contributed by atoms with Gasteiger partial charge in [-0.3, -0.25) is 4.79 Å². The highest BCUT2D eigenvalue weighted by Crippen LogP contribution is 2.44. The Labute approximate surface area is 162 Å². The van der Waals surface area contributed by atoms with Gasteiger partial charge in [0.1, 0.15) is 11.3 Å². The monoisotopic (exact) mass is 421 g/mol. The zero-order valence-electron chi connectivity index (χ0n) is 15.5. The molecule has 3 rings (SSSR count). The number of methoxy groups -OCH3 is 1. The molecule has 5 nitrogen and oxygen atoms in total. The second-order valence-corrected chi connectivity index (χ2v) is 7.91. The van der Waals surface area contributed by atoms with Crippen LogP contribution >= 0.6 is 15.9 Å². The van der Waals surface area contributed by atoms with E-state index >= 15 is 0 Å². The first-order valence-electron chi connectivity index (χ1n) is 8.93. The van der Waals surface area contributed by atoms with E-state index in [0.717, 1.165) is 22.2 Å².